The Labute approximate surface area is 128 Å². The molecule has 0 aromatic carbocycles. The van der Waals surface area contributed by atoms with E-state index < -0.39 is 13.3 Å². The third-order valence-electron chi connectivity index (χ3n) is 1.55. The summed E-state index contributed by atoms with van der Waals surface area (Å²) in [4.78, 5) is 3.68. The summed E-state index contributed by atoms with van der Waals surface area (Å²) in [5, 5.41) is 0.293. The Kier molecular flexibility index (Phi) is 6.93. The van der Waals surface area contributed by atoms with E-state index in [1.54, 1.807) is 6.07 Å². The first-order chi connectivity index (χ1) is 5.97. The molecule has 0 aliphatic rings. The normalized spacial score (nSPS) is 10.9. The summed E-state index contributed by atoms with van der Waals surface area (Å²) in [7, 11) is 0. The third kappa shape index (κ3) is 6.42. The van der Waals surface area contributed by atoms with Crippen LogP contribution in [-0.2, 0) is 6.42 Å². The smallest absolute Gasteiger partial charge is 0.449 e. The molecular formula is C7H7BClF3KN. The van der Waals surface area contributed by atoms with E-state index in [1.165, 1.54) is 12.3 Å². The van der Waals surface area contributed by atoms with Gasteiger partial charge in [0.05, 0.1) is 0 Å². The number of aryl methyl sites for hydroxylation is 1. The molecule has 0 fully saturated rings. The molecule has 1 nitrogen and oxygen atoms in total. The van der Waals surface area contributed by atoms with Gasteiger partial charge in [0.2, 0.25) is 0 Å². The Morgan fingerprint density at radius 1 is 1.29 bits per heavy atom. The van der Waals surface area contributed by atoms with Gasteiger partial charge in [0, 0.05) is 6.20 Å². The van der Waals surface area contributed by atoms with Crippen molar-refractivity contribution in [2.45, 2.75) is 12.7 Å². The summed E-state index contributed by atoms with van der Waals surface area (Å²) in [6.07, 6.45) is 0.584. The molecule has 0 saturated heterocycles. The predicted molar refractivity (Wildman–Crippen MR) is 46.8 cm³/mol. The van der Waals surface area contributed by atoms with Gasteiger partial charge in [0.25, 0.3) is 0 Å². The molecule has 1 aromatic rings. The first-order valence-electron chi connectivity index (χ1n) is 3.79. The molecule has 0 saturated carbocycles. The van der Waals surface area contributed by atoms with Crippen molar-refractivity contribution in [1.29, 1.82) is 0 Å². The van der Waals surface area contributed by atoms with Crippen molar-refractivity contribution in [3.05, 3.63) is 29.0 Å². The predicted octanol–water partition coefficient (Wildman–Crippen LogP) is 0.129. The zero-order chi connectivity index (χ0) is 9.90. The van der Waals surface area contributed by atoms with Crippen LogP contribution in [0.2, 0.25) is 11.5 Å². The van der Waals surface area contributed by atoms with Gasteiger partial charge >= 0.3 is 58.4 Å². The van der Waals surface area contributed by atoms with E-state index in [0.29, 0.717) is 10.7 Å². The van der Waals surface area contributed by atoms with Crippen LogP contribution in [0.3, 0.4) is 0 Å². The molecule has 7 heteroatoms. The summed E-state index contributed by atoms with van der Waals surface area (Å²) in [6.45, 7) is -4.70. The van der Waals surface area contributed by atoms with Gasteiger partial charge < -0.3 is 12.9 Å². The Morgan fingerprint density at radius 2 is 1.93 bits per heavy atom. The zero-order valence-corrected chi connectivity index (χ0v) is 11.6. The molecule has 1 rings (SSSR count). The molecule has 72 valence electrons. The van der Waals surface area contributed by atoms with Crippen molar-refractivity contribution >= 4 is 18.6 Å². The minimum absolute atomic E-state index is 0. The molecule has 0 bridgehead atoms. The van der Waals surface area contributed by atoms with Crippen molar-refractivity contribution in [3.8, 4) is 0 Å². The summed E-state index contributed by atoms with van der Waals surface area (Å²) in [5.41, 5.74) is 0.559. The molecule has 0 amide bonds. The molecule has 1 aromatic heterocycles. The topological polar surface area (TPSA) is 12.9 Å². The first kappa shape index (κ1) is 14.9. The molecule has 0 aliphatic carbocycles. The summed E-state index contributed by atoms with van der Waals surface area (Å²) >= 11 is 5.47. The Morgan fingerprint density at radius 3 is 2.36 bits per heavy atom. The molecule has 14 heavy (non-hydrogen) atoms. The van der Waals surface area contributed by atoms with Crippen molar-refractivity contribution in [2.75, 3.05) is 0 Å². The second-order valence-corrected chi connectivity index (χ2v) is 3.13. The maximum Gasteiger partial charge on any atom is 1.00 e. The second-order valence-electron chi connectivity index (χ2n) is 2.74. The fourth-order valence-electron chi connectivity index (χ4n) is 0.885. The van der Waals surface area contributed by atoms with Crippen molar-refractivity contribution < 1.29 is 64.3 Å². The number of pyridine rings is 1. The third-order valence-corrected chi connectivity index (χ3v) is 1.77. The van der Waals surface area contributed by atoms with Crippen LogP contribution in [0.25, 0.3) is 0 Å². The number of nitrogens with zero attached hydrogens (tertiary/aromatic N) is 1. The number of rotatable bonds is 3. The fraction of sp³-hybridized carbons (Fsp3) is 0.286. The first-order valence-corrected chi connectivity index (χ1v) is 4.16. The minimum Gasteiger partial charge on any atom is -0.449 e. The monoisotopic (exact) mass is 247 g/mol. The second kappa shape index (κ2) is 6.50. The molecule has 0 N–H and O–H groups in total. The van der Waals surface area contributed by atoms with Crippen LogP contribution in [0.1, 0.15) is 5.56 Å². The van der Waals surface area contributed by atoms with E-state index >= 15 is 0 Å². The molecule has 0 aliphatic heterocycles. The maximum atomic E-state index is 11.8. The van der Waals surface area contributed by atoms with Crippen molar-refractivity contribution in [1.82, 2.24) is 4.98 Å². The van der Waals surface area contributed by atoms with E-state index in [2.05, 4.69) is 4.98 Å². The Hall–Kier alpha value is 0.931. The quantitative estimate of drug-likeness (QED) is 0.547. The van der Waals surface area contributed by atoms with Gasteiger partial charge in [-0.05, 0) is 11.6 Å². The van der Waals surface area contributed by atoms with E-state index in [9.17, 15) is 12.9 Å². The van der Waals surface area contributed by atoms with E-state index in [-0.39, 0.29) is 57.8 Å². The number of halogens is 4. The fourth-order valence-corrected chi connectivity index (χ4v) is 0.996. The number of hydrogen-bond acceptors (Lipinski definition) is 1. The van der Waals surface area contributed by atoms with Crippen LogP contribution in [0.15, 0.2) is 18.3 Å². The van der Waals surface area contributed by atoms with Crippen LogP contribution < -0.4 is 51.4 Å². The molecular weight excluding hydrogens is 240 g/mol. The maximum absolute atomic E-state index is 11.8. The van der Waals surface area contributed by atoms with Gasteiger partial charge in [-0.25, -0.2) is 4.98 Å². The van der Waals surface area contributed by atoms with Gasteiger partial charge in [-0.15, -0.1) is 0 Å². The number of aromatic nitrogens is 1. The van der Waals surface area contributed by atoms with Crippen LogP contribution in [0.5, 0.6) is 0 Å². The molecule has 0 spiro atoms. The summed E-state index contributed by atoms with van der Waals surface area (Å²) in [5.74, 6) is 0. The molecule has 0 atom stereocenters. The molecule has 1 heterocycles. The molecule has 0 unspecified atom stereocenters. The van der Waals surface area contributed by atoms with Crippen LogP contribution in [0, 0.1) is 0 Å². The van der Waals surface area contributed by atoms with Gasteiger partial charge in [-0.2, -0.15) is 0 Å². The summed E-state index contributed by atoms with van der Waals surface area (Å²) < 4.78 is 35.5. The summed E-state index contributed by atoms with van der Waals surface area (Å²) in [6, 6.07) is 3.04. The van der Waals surface area contributed by atoms with Crippen LogP contribution in [0.4, 0.5) is 12.9 Å². The largest absolute Gasteiger partial charge is 1.00 e. The Bertz CT molecular complexity index is 277. The van der Waals surface area contributed by atoms with Crippen LogP contribution in [-0.4, -0.2) is 12.0 Å². The van der Waals surface area contributed by atoms with Gasteiger partial charge in [-0.1, -0.05) is 30.4 Å². The zero-order valence-electron chi connectivity index (χ0n) is 7.68. The molecule has 0 radical (unpaired) electrons. The van der Waals surface area contributed by atoms with Crippen LogP contribution >= 0.6 is 11.6 Å². The standard InChI is InChI=1S/C7H7BClF3N.K/c9-7-2-1-6(5-13-7)3-4-8(10,11)12;/h1-2,5H,3-4H2;/q-1;+1. The SMILES string of the molecule is F[B-](F)(F)CCc1ccc(Cl)nc1.[K+]. The average molecular weight is 247 g/mol. The van der Waals surface area contributed by atoms with Gasteiger partial charge in [0.15, 0.2) is 0 Å². The van der Waals surface area contributed by atoms with Gasteiger partial charge in [-0.3, -0.25) is 0 Å². The van der Waals surface area contributed by atoms with Crippen molar-refractivity contribution in [2.24, 2.45) is 0 Å². The van der Waals surface area contributed by atoms with Gasteiger partial charge in [0.1, 0.15) is 5.15 Å². The van der Waals surface area contributed by atoms with E-state index in [0.717, 1.165) is 0 Å². The average Bonchev–Trinajstić information content (AvgIpc) is 2.02. The Balaban J connectivity index is 0.00000169. The minimum atomic E-state index is -4.70. The number of hydrogen-bond donors (Lipinski definition) is 0. The van der Waals surface area contributed by atoms with E-state index in [4.69, 9.17) is 11.6 Å². The van der Waals surface area contributed by atoms with Crippen molar-refractivity contribution in [3.63, 3.8) is 0 Å². The van der Waals surface area contributed by atoms with E-state index in [1.807, 2.05) is 0 Å².